The summed E-state index contributed by atoms with van der Waals surface area (Å²) in [7, 11) is 1.14. The fourth-order valence-electron chi connectivity index (χ4n) is 8.07. The number of rotatable bonds is 56. The lowest BCUT2D eigenvalue weighted by molar-refractivity contribution is -0.870. The topological polar surface area (TPSA) is 111 Å². The van der Waals surface area contributed by atoms with Crippen LogP contribution in [0.1, 0.15) is 232 Å². The third-order valence-electron chi connectivity index (χ3n) is 12.9. The molecule has 0 aromatic carbocycles. The van der Waals surface area contributed by atoms with Crippen molar-refractivity contribution in [3.05, 3.63) is 146 Å². The monoisotopic (exact) mass is 1130 g/mol. The van der Waals surface area contributed by atoms with E-state index in [0.29, 0.717) is 23.9 Å². The van der Waals surface area contributed by atoms with Gasteiger partial charge in [-0.25, -0.2) is 0 Å². The van der Waals surface area contributed by atoms with Crippen LogP contribution in [0.5, 0.6) is 0 Å². The maximum atomic E-state index is 12.8. The molecule has 0 aliphatic carbocycles. The SMILES string of the molecule is CC/C=C\C/C=C\C/C=C\C/C=C\C/C=C\C/C=C\CCCCCCCCCCCCC(=O)OC(COC(=O)CCCCCCCCCC/C=C\C/C=C\C/C=C\C/C=C\C/C=C\C/C=C\CC)COP(=O)([O-])OCC[N+](C)(C)C. The van der Waals surface area contributed by atoms with Crippen molar-refractivity contribution in [1.29, 1.82) is 0 Å². The first-order valence-corrected chi connectivity index (χ1v) is 33.0. The van der Waals surface area contributed by atoms with Crippen molar-refractivity contribution in [2.75, 3.05) is 47.5 Å². The minimum absolute atomic E-state index is 0.0412. The highest BCUT2D eigenvalue weighted by molar-refractivity contribution is 7.45. The van der Waals surface area contributed by atoms with Crippen LogP contribution in [0, 0.1) is 0 Å². The Hall–Kier alpha value is -4.11. The summed E-state index contributed by atoms with van der Waals surface area (Å²) in [5.74, 6) is -0.857. The fraction of sp³-hybridized carbons (Fsp3) is 0.629. The van der Waals surface area contributed by atoms with Gasteiger partial charge in [-0.3, -0.25) is 14.2 Å². The van der Waals surface area contributed by atoms with Gasteiger partial charge in [0.25, 0.3) is 7.82 Å². The molecule has 0 bridgehead atoms. The molecule has 0 aromatic heterocycles. The average molecular weight is 1130 g/mol. The highest BCUT2D eigenvalue weighted by Crippen LogP contribution is 2.38. The molecule has 0 heterocycles. The third kappa shape index (κ3) is 63.1. The van der Waals surface area contributed by atoms with Crippen molar-refractivity contribution < 1.29 is 42.1 Å². The summed E-state index contributed by atoms with van der Waals surface area (Å²) in [6, 6.07) is 0. The molecule has 0 rings (SSSR count). The van der Waals surface area contributed by atoms with Gasteiger partial charge in [0.2, 0.25) is 0 Å². The first-order valence-electron chi connectivity index (χ1n) is 31.5. The van der Waals surface area contributed by atoms with Crippen molar-refractivity contribution in [2.45, 2.75) is 238 Å². The molecular formula is C70H116NO8P. The minimum atomic E-state index is -4.65. The summed E-state index contributed by atoms with van der Waals surface area (Å²) in [6.07, 6.45) is 87.5. The van der Waals surface area contributed by atoms with E-state index in [0.717, 1.165) is 128 Å². The number of nitrogens with zero attached hydrogens (tertiary/aromatic N) is 1. The highest BCUT2D eigenvalue weighted by atomic mass is 31.2. The Morgan fingerprint density at radius 3 is 1.00 bits per heavy atom. The number of carbonyl (C=O) groups excluding carboxylic acids is 2. The first-order chi connectivity index (χ1) is 39.0. The van der Waals surface area contributed by atoms with Gasteiger partial charge in [-0.15, -0.1) is 0 Å². The quantitative estimate of drug-likeness (QED) is 0.0195. The van der Waals surface area contributed by atoms with Crippen LogP contribution in [0.2, 0.25) is 0 Å². The molecule has 0 saturated carbocycles. The number of hydrogen-bond acceptors (Lipinski definition) is 8. The number of esters is 2. The number of likely N-dealkylation sites (N-methyl/N-ethyl adjacent to an activating group) is 1. The van der Waals surface area contributed by atoms with E-state index in [1.165, 1.54) is 64.2 Å². The molecule has 0 saturated heterocycles. The third-order valence-corrected chi connectivity index (χ3v) is 13.8. The van der Waals surface area contributed by atoms with Crippen LogP contribution < -0.4 is 4.89 Å². The lowest BCUT2D eigenvalue weighted by Gasteiger charge is -2.28. The van der Waals surface area contributed by atoms with E-state index in [1.54, 1.807) is 0 Å². The molecule has 454 valence electrons. The van der Waals surface area contributed by atoms with E-state index in [9.17, 15) is 19.0 Å². The Morgan fingerprint density at radius 1 is 0.388 bits per heavy atom. The number of allylic oxidation sites excluding steroid dienone is 24. The Bertz CT molecular complexity index is 1860. The van der Waals surface area contributed by atoms with E-state index in [1.807, 2.05) is 21.1 Å². The molecule has 2 atom stereocenters. The minimum Gasteiger partial charge on any atom is -0.756 e. The van der Waals surface area contributed by atoms with Crippen molar-refractivity contribution in [3.8, 4) is 0 Å². The van der Waals surface area contributed by atoms with Crippen molar-refractivity contribution in [3.63, 3.8) is 0 Å². The zero-order valence-electron chi connectivity index (χ0n) is 51.5. The molecule has 10 heteroatoms. The van der Waals surface area contributed by atoms with Crippen LogP contribution in [0.3, 0.4) is 0 Å². The normalized spacial score (nSPS) is 14.2. The predicted octanol–water partition coefficient (Wildman–Crippen LogP) is 19.6. The Morgan fingerprint density at radius 2 is 0.675 bits per heavy atom. The van der Waals surface area contributed by atoms with Crippen molar-refractivity contribution >= 4 is 19.8 Å². The highest BCUT2D eigenvalue weighted by Gasteiger charge is 2.22. The van der Waals surface area contributed by atoms with Gasteiger partial charge in [-0.2, -0.15) is 0 Å². The molecule has 0 aromatic rings. The molecule has 0 amide bonds. The smallest absolute Gasteiger partial charge is 0.306 e. The van der Waals surface area contributed by atoms with E-state index >= 15 is 0 Å². The zero-order valence-corrected chi connectivity index (χ0v) is 52.4. The maximum Gasteiger partial charge on any atom is 0.306 e. The molecule has 0 aliphatic heterocycles. The summed E-state index contributed by atoms with van der Waals surface area (Å²) >= 11 is 0. The second-order valence-electron chi connectivity index (χ2n) is 21.7. The number of hydrogen-bond donors (Lipinski definition) is 0. The van der Waals surface area contributed by atoms with Gasteiger partial charge in [-0.05, 0) is 116 Å². The summed E-state index contributed by atoms with van der Waals surface area (Å²) in [5, 5.41) is 0. The number of phosphoric acid groups is 1. The average Bonchev–Trinajstić information content (AvgIpc) is 3.42. The van der Waals surface area contributed by atoms with Crippen LogP contribution in [-0.4, -0.2) is 70.0 Å². The van der Waals surface area contributed by atoms with Gasteiger partial charge in [0.15, 0.2) is 6.10 Å². The van der Waals surface area contributed by atoms with Gasteiger partial charge in [0.1, 0.15) is 19.8 Å². The van der Waals surface area contributed by atoms with E-state index in [2.05, 4.69) is 160 Å². The number of unbranched alkanes of at least 4 members (excludes halogenated alkanes) is 18. The molecule has 2 unspecified atom stereocenters. The van der Waals surface area contributed by atoms with Gasteiger partial charge >= 0.3 is 11.9 Å². The van der Waals surface area contributed by atoms with Gasteiger partial charge in [0, 0.05) is 12.8 Å². The maximum absolute atomic E-state index is 12.8. The van der Waals surface area contributed by atoms with Crippen molar-refractivity contribution in [1.82, 2.24) is 0 Å². The lowest BCUT2D eigenvalue weighted by atomic mass is 10.0. The van der Waals surface area contributed by atoms with Crippen LogP contribution in [0.15, 0.2) is 146 Å². The Labute approximate surface area is 491 Å². The number of phosphoric ester groups is 1. The summed E-state index contributed by atoms with van der Waals surface area (Å²) in [5.41, 5.74) is 0. The second kappa shape index (κ2) is 59.5. The van der Waals surface area contributed by atoms with Gasteiger partial charge < -0.3 is 27.9 Å². The molecule has 9 nitrogen and oxygen atoms in total. The van der Waals surface area contributed by atoms with E-state index in [-0.39, 0.29) is 26.1 Å². The number of carbonyl (C=O) groups is 2. The lowest BCUT2D eigenvalue weighted by Crippen LogP contribution is -2.37. The zero-order chi connectivity index (χ0) is 58.4. The van der Waals surface area contributed by atoms with Gasteiger partial charge in [0.05, 0.1) is 27.7 Å². The van der Waals surface area contributed by atoms with Crippen LogP contribution >= 0.6 is 7.82 Å². The molecule has 0 spiro atoms. The molecular weight excluding hydrogens is 1010 g/mol. The number of quaternary nitrogens is 1. The van der Waals surface area contributed by atoms with Crippen LogP contribution in [-0.2, 0) is 32.7 Å². The second-order valence-corrected chi connectivity index (χ2v) is 23.1. The van der Waals surface area contributed by atoms with Crippen LogP contribution in [0.4, 0.5) is 0 Å². The van der Waals surface area contributed by atoms with E-state index < -0.39 is 32.5 Å². The fourth-order valence-corrected chi connectivity index (χ4v) is 8.80. The summed E-state index contributed by atoms with van der Waals surface area (Å²) < 4.78 is 34.2. The predicted molar refractivity (Wildman–Crippen MR) is 341 cm³/mol. The Balaban J connectivity index is 4.20. The molecule has 0 fully saturated rings. The first kappa shape index (κ1) is 75.9. The number of ether oxygens (including phenoxy) is 2. The van der Waals surface area contributed by atoms with Crippen LogP contribution in [0.25, 0.3) is 0 Å². The van der Waals surface area contributed by atoms with E-state index in [4.69, 9.17) is 18.5 Å². The standard InChI is InChI=1S/C70H116NO8P/c1-6-8-10-12-14-16-18-20-22-24-26-28-30-32-34-35-37-39-41-43-45-47-49-51-53-55-57-59-61-63-70(73)79-68(67-78-80(74,75)77-65-64-71(3,4)5)66-76-69(72)62-60-58-56-54-52-50-48-46-44-42-40-38-36-33-31-29-27-25-23-21-19-17-15-13-11-9-7-2/h8-11,14-17,20-23,26-29,32-34,36-37,39-40,42,68H,6-7,12-13,18-19,24-25,30-31,35,38,41,43-67H2,1-5H3/b10-8-,11-9-,16-14-,17-15-,22-20-,23-21-,28-26-,29-27-,34-32-,36-33-,39-37-,42-40-. The van der Waals surface area contributed by atoms with Gasteiger partial charge in [-0.1, -0.05) is 250 Å². The molecule has 0 N–H and O–H groups in total. The molecule has 0 radical (unpaired) electrons. The molecule has 0 aliphatic rings. The summed E-state index contributed by atoms with van der Waals surface area (Å²) in [6.45, 7) is 3.99. The summed E-state index contributed by atoms with van der Waals surface area (Å²) in [4.78, 5) is 38.0. The van der Waals surface area contributed by atoms with Crippen molar-refractivity contribution in [2.24, 2.45) is 0 Å². The largest absolute Gasteiger partial charge is 0.756 e. The Kier molecular flexibility index (Phi) is 56.5. The molecule has 80 heavy (non-hydrogen) atoms.